The molecule has 35 heavy (non-hydrogen) atoms. The fourth-order valence-corrected chi connectivity index (χ4v) is 3.95. The zero-order chi connectivity index (χ0) is 26.0. The van der Waals surface area contributed by atoms with Crippen molar-refractivity contribution in [3.8, 4) is 6.07 Å². The second kappa shape index (κ2) is 10.1. The molecule has 0 bridgehead atoms. The van der Waals surface area contributed by atoms with Gasteiger partial charge in [-0.05, 0) is 45.6 Å². The Kier molecular flexibility index (Phi) is 7.53. The third kappa shape index (κ3) is 6.59. The second-order valence-electron chi connectivity index (χ2n) is 9.98. The van der Waals surface area contributed by atoms with E-state index in [1.807, 2.05) is 6.07 Å². The van der Waals surface area contributed by atoms with Crippen molar-refractivity contribution in [3.63, 3.8) is 0 Å². The molecule has 9 nitrogen and oxygen atoms in total. The summed E-state index contributed by atoms with van der Waals surface area (Å²) < 4.78 is 40.5. The lowest BCUT2D eigenvalue weighted by atomic mass is 10.0. The van der Waals surface area contributed by atoms with Gasteiger partial charge >= 0.3 is 12.1 Å². The summed E-state index contributed by atoms with van der Waals surface area (Å²) in [5, 5.41) is 14.8. The molecule has 1 aromatic rings. The van der Waals surface area contributed by atoms with Gasteiger partial charge in [-0.15, -0.1) is 0 Å². The Morgan fingerprint density at radius 1 is 1.31 bits per heavy atom. The zero-order valence-electron chi connectivity index (χ0n) is 20.3. The van der Waals surface area contributed by atoms with E-state index in [1.54, 1.807) is 20.8 Å². The third-order valence-electron chi connectivity index (χ3n) is 5.77. The predicted molar refractivity (Wildman–Crippen MR) is 123 cm³/mol. The van der Waals surface area contributed by atoms with Crippen molar-refractivity contribution >= 4 is 29.3 Å². The van der Waals surface area contributed by atoms with Gasteiger partial charge < -0.3 is 25.0 Å². The van der Waals surface area contributed by atoms with Gasteiger partial charge in [-0.3, -0.25) is 4.79 Å². The highest BCUT2D eigenvalue weighted by molar-refractivity contribution is 6.04. The molecule has 11 heteroatoms. The van der Waals surface area contributed by atoms with Gasteiger partial charge in [0.05, 0.1) is 37.1 Å². The summed E-state index contributed by atoms with van der Waals surface area (Å²) in [6.45, 7) is 4.40. The summed E-state index contributed by atoms with van der Waals surface area (Å²) in [4.78, 5) is 38.0. The lowest BCUT2D eigenvalue weighted by molar-refractivity contribution is -0.116. The Bertz CT molecular complexity index is 1060. The van der Waals surface area contributed by atoms with Crippen molar-refractivity contribution in [2.75, 3.05) is 37.0 Å². The minimum atomic E-state index is -1.91. The van der Waals surface area contributed by atoms with Gasteiger partial charge in [0, 0.05) is 19.4 Å². The van der Waals surface area contributed by atoms with E-state index >= 15 is 8.78 Å². The maximum absolute atomic E-state index is 15.5. The molecule has 1 aliphatic carbocycles. The molecule has 1 unspecified atom stereocenters. The molecule has 190 valence electrons. The number of esters is 1. The molecular formula is C24H30F2N4O5. The number of nitrogens with one attached hydrogen (secondary N) is 2. The van der Waals surface area contributed by atoms with Gasteiger partial charge in [-0.2, -0.15) is 5.26 Å². The molecule has 1 saturated carbocycles. The average Bonchev–Trinajstić information content (AvgIpc) is 3.50. The van der Waals surface area contributed by atoms with E-state index in [9.17, 15) is 19.6 Å². The van der Waals surface area contributed by atoms with Crippen molar-refractivity contribution in [1.29, 1.82) is 5.26 Å². The first-order valence-electron chi connectivity index (χ1n) is 11.4. The molecule has 1 aliphatic heterocycles. The van der Waals surface area contributed by atoms with Crippen LogP contribution in [0.4, 0.5) is 25.0 Å². The van der Waals surface area contributed by atoms with E-state index in [0.29, 0.717) is 0 Å². The molecule has 2 N–H and O–H groups in total. The van der Waals surface area contributed by atoms with Gasteiger partial charge in [-0.1, -0.05) is 0 Å². The molecule has 1 atom stereocenters. The van der Waals surface area contributed by atoms with Crippen molar-refractivity contribution in [3.05, 3.63) is 23.0 Å². The Labute approximate surface area is 202 Å². The number of hydrogen-bond acceptors (Lipinski definition) is 7. The van der Waals surface area contributed by atoms with Gasteiger partial charge in [0.25, 0.3) is 0 Å². The number of carbonyl (C=O) groups is 3. The van der Waals surface area contributed by atoms with Gasteiger partial charge in [0.1, 0.15) is 28.7 Å². The highest BCUT2D eigenvalue weighted by atomic mass is 19.1. The summed E-state index contributed by atoms with van der Waals surface area (Å²) in [7, 11) is 1.10. The highest BCUT2D eigenvalue weighted by Crippen LogP contribution is 2.39. The normalized spacial score (nSPS) is 19.6. The highest BCUT2D eigenvalue weighted by Gasteiger charge is 2.41. The van der Waals surface area contributed by atoms with Crippen LogP contribution < -0.4 is 15.5 Å². The van der Waals surface area contributed by atoms with Crippen LogP contribution in [0.1, 0.15) is 62.4 Å². The Morgan fingerprint density at radius 2 is 2.00 bits per heavy atom. The van der Waals surface area contributed by atoms with E-state index in [0.717, 1.165) is 26.0 Å². The van der Waals surface area contributed by atoms with E-state index in [2.05, 4.69) is 10.6 Å². The number of carbonyl (C=O) groups excluding carboxylic acids is 3. The summed E-state index contributed by atoms with van der Waals surface area (Å²) in [6.07, 6.45) is 1.22. The lowest BCUT2D eigenvalue weighted by Crippen LogP contribution is -2.43. The van der Waals surface area contributed by atoms with Crippen LogP contribution in [0.25, 0.3) is 0 Å². The summed E-state index contributed by atoms with van der Waals surface area (Å²) in [5.74, 6) is -2.01. The number of nitriles is 1. The SMILES string of the molecule is COC(=O)c1cc(F)c(N2CCC(F)(CNC(=O)OC(C)(C)C)C2)c(C#N)c1NC(=O)CC1CC1. The zero-order valence-corrected chi connectivity index (χ0v) is 20.3. The molecule has 2 fully saturated rings. The smallest absolute Gasteiger partial charge is 0.407 e. The number of amides is 2. The molecule has 1 saturated heterocycles. The number of ether oxygens (including phenoxy) is 2. The maximum atomic E-state index is 15.5. The van der Waals surface area contributed by atoms with Crippen LogP contribution in [-0.4, -0.2) is 56.0 Å². The number of halogens is 2. The molecule has 0 radical (unpaired) electrons. The van der Waals surface area contributed by atoms with Crippen molar-refractivity contribution < 1.29 is 32.6 Å². The number of alkyl halides is 1. The average molecular weight is 493 g/mol. The second-order valence-corrected chi connectivity index (χ2v) is 9.98. The molecule has 0 aromatic heterocycles. The van der Waals surface area contributed by atoms with Crippen LogP contribution in [0, 0.1) is 23.1 Å². The van der Waals surface area contributed by atoms with Crippen molar-refractivity contribution in [1.82, 2.24) is 5.32 Å². The van der Waals surface area contributed by atoms with Gasteiger partial charge in [0.15, 0.2) is 0 Å². The number of methoxy groups -OCH3 is 1. The van der Waals surface area contributed by atoms with Crippen molar-refractivity contribution in [2.45, 2.75) is 57.7 Å². The van der Waals surface area contributed by atoms with E-state index in [4.69, 9.17) is 9.47 Å². The minimum Gasteiger partial charge on any atom is -0.465 e. The third-order valence-corrected chi connectivity index (χ3v) is 5.77. The monoisotopic (exact) mass is 492 g/mol. The topological polar surface area (TPSA) is 121 Å². The number of rotatable bonds is 7. The quantitative estimate of drug-likeness (QED) is 0.557. The number of alkyl carbamates (subject to hydrolysis) is 1. The summed E-state index contributed by atoms with van der Waals surface area (Å²) in [5.41, 5.74) is -3.64. The fourth-order valence-electron chi connectivity index (χ4n) is 3.95. The van der Waals surface area contributed by atoms with Crippen molar-refractivity contribution in [2.24, 2.45) is 5.92 Å². The fraction of sp³-hybridized carbons (Fsp3) is 0.583. The Hall–Kier alpha value is -3.42. The molecule has 1 aromatic carbocycles. The lowest BCUT2D eigenvalue weighted by Gasteiger charge is -2.26. The van der Waals surface area contributed by atoms with Crippen LogP contribution in [0.15, 0.2) is 6.07 Å². The van der Waals surface area contributed by atoms with Crippen LogP contribution in [0.5, 0.6) is 0 Å². The number of anilines is 2. The Balaban J connectivity index is 1.86. The summed E-state index contributed by atoms with van der Waals surface area (Å²) in [6, 6.07) is 2.74. The van der Waals surface area contributed by atoms with Crippen LogP contribution >= 0.6 is 0 Å². The molecule has 0 spiro atoms. The van der Waals surface area contributed by atoms with Crippen LogP contribution in [-0.2, 0) is 14.3 Å². The van der Waals surface area contributed by atoms with Crippen LogP contribution in [0.3, 0.4) is 0 Å². The maximum Gasteiger partial charge on any atom is 0.407 e. The Morgan fingerprint density at radius 3 is 2.57 bits per heavy atom. The predicted octanol–water partition coefficient (Wildman–Crippen LogP) is 3.67. The van der Waals surface area contributed by atoms with E-state index in [-0.39, 0.29) is 60.9 Å². The largest absolute Gasteiger partial charge is 0.465 e. The first kappa shape index (κ1) is 26.2. The standard InChI is InChI=1S/C24H30F2N4O5/c1-23(2,3)35-22(33)28-12-24(26)7-8-30(13-24)20-16(11-27)19(29-18(31)9-14-5-6-14)15(10-17(20)25)21(32)34-4/h10,14H,5-9,12-13H2,1-4H3,(H,28,33)(H,29,31). The van der Waals surface area contributed by atoms with E-state index < -0.39 is 35.1 Å². The minimum absolute atomic E-state index is 0.0464. The van der Waals surface area contributed by atoms with Gasteiger partial charge in [-0.25, -0.2) is 18.4 Å². The summed E-state index contributed by atoms with van der Waals surface area (Å²) >= 11 is 0. The number of nitrogens with zero attached hydrogens (tertiary/aromatic N) is 2. The first-order chi connectivity index (χ1) is 16.4. The number of benzene rings is 1. The first-order valence-corrected chi connectivity index (χ1v) is 11.4. The molecule has 2 amide bonds. The molecule has 1 heterocycles. The molecule has 3 rings (SSSR count). The molecule has 2 aliphatic rings. The molecular weight excluding hydrogens is 462 g/mol. The van der Waals surface area contributed by atoms with Gasteiger partial charge in [0.2, 0.25) is 5.91 Å². The number of hydrogen-bond donors (Lipinski definition) is 2. The van der Waals surface area contributed by atoms with E-state index in [1.165, 1.54) is 4.90 Å². The van der Waals surface area contributed by atoms with Crippen LogP contribution in [0.2, 0.25) is 0 Å².